The van der Waals surface area contributed by atoms with Crippen molar-refractivity contribution in [2.45, 2.75) is 44.8 Å². The Morgan fingerprint density at radius 1 is 1.42 bits per heavy atom. The first-order valence-electron chi connectivity index (χ1n) is 6.78. The van der Waals surface area contributed by atoms with Crippen molar-refractivity contribution in [1.29, 1.82) is 0 Å². The van der Waals surface area contributed by atoms with Crippen molar-refractivity contribution in [2.75, 3.05) is 17.7 Å². The number of rotatable bonds is 4. The summed E-state index contributed by atoms with van der Waals surface area (Å²) < 4.78 is 18.8. The summed E-state index contributed by atoms with van der Waals surface area (Å²) in [4.78, 5) is 0. The van der Waals surface area contributed by atoms with E-state index in [9.17, 15) is 9.50 Å². The van der Waals surface area contributed by atoms with E-state index < -0.39 is 5.82 Å². The molecule has 0 bridgehead atoms. The maximum atomic E-state index is 13.6. The standard InChI is InChI=1S/C14H21FN2O2/c1-2-19-14-8-12(10(16)7-9(14)15)17-11-5-3-4-6-13(11)18/h7-8,11,13,17-18H,2-6,16H2,1H3. The third-order valence-electron chi connectivity index (χ3n) is 3.47. The number of halogens is 1. The van der Waals surface area contributed by atoms with Crippen LogP contribution in [0, 0.1) is 5.82 Å². The van der Waals surface area contributed by atoms with Crippen LogP contribution in [0.25, 0.3) is 0 Å². The van der Waals surface area contributed by atoms with Crippen LogP contribution in [-0.2, 0) is 0 Å². The van der Waals surface area contributed by atoms with Gasteiger partial charge in [0, 0.05) is 12.1 Å². The fourth-order valence-electron chi connectivity index (χ4n) is 2.44. The summed E-state index contributed by atoms with van der Waals surface area (Å²) in [6.07, 6.45) is 3.42. The number of ether oxygens (including phenoxy) is 1. The van der Waals surface area contributed by atoms with Crippen LogP contribution < -0.4 is 15.8 Å². The van der Waals surface area contributed by atoms with E-state index in [0.29, 0.717) is 18.0 Å². The molecule has 1 aliphatic rings. The summed E-state index contributed by atoms with van der Waals surface area (Å²) in [5.74, 6) is -0.279. The van der Waals surface area contributed by atoms with Crippen LogP contribution in [0.3, 0.4) is 0 Å². The zero-order valence-electron chi connectivity index (χ0n) is 11.2. The number of anilines is 2. The minimum absolute atomic E-state index is 0.0315. The highest BCUT2D eigenvalue weighted by molar-refractivity contribution is 5.69. The molecule has 4 nitrogen and oxygen atoms in total. The smallest absolute Gasteiger partial charge is 0.167 e. The number of aliphatic hydroxyl groups is 1. The van der Waals surface area contributed by atoms with Crippen LogP contribution in [0.4, 0.5) is 15.8 Å². The second-order valence-corrected chi connectivity index (χ2v) is 4.91. The van der Waals surface area contributed by atoms with Gasteiger partial charge in [-0.25, -0.2) is 4.39 Å². The van der Waals surface area contributed by atoms with Crippen LogP contribution in [0.2, 0.25) is 0 Å². The van der Waals surface area contributed by atoms with Crippen molar-refractivity contribution in [1.82, 2.24) is 0 Å². The molecule has 0 spiro atoms. The van der Waals surface area contributed by atoms with E-state index in [2.05, 4.69) is 5.32 Å². The zero-order chi connectivity index (χ0) is 13.8. The van der Waals surface area contributed by atoms with Gasteiger partial charge in [-0.15, -0.1) is 0 Å². The van der Waals surface area contributed by atoms with Crippen LogP contribution in [0.15, 0.2) is 12.1 Å². The average molecular weight is 268 g/mol. The SMILES string of the molecule is CCOc1cc(NC2CCCCC2O)c(N)cc1F. The van der Waals surface area contributed by atoms with Crippen LogP contribution >= 0.6 is 0 Å². The molecule has 2 rings (SSSR count). The van der Waals surface area contributed by atoms with Gasteiger partial charge in [0.05, 0.1) is 30.1 Å². The molecule has 1 aromatic carbocycles. The molecule has 0 radical (unpaired) electrons. The molecule has 1 aromatic rings. The van der Waals surface area contributed by atoms with E-state index >= 15 is 0 Å². The lowest BCUT2D eigenvalue weighted by Gasteiger charge is -2.29. The lowest BCUT2D eigenvalue weighted by Crippen LogP contribution is -2.36. The highest BCUT2D eigenvalue weighted by atomic mass is 19.1. The molecule has 19 heavy (non-hydrogen) atoms. The molecule has 2 unspecified atom stereocenters. The number of aliphatic hydroxyl groups excluding tert-OH is 1. The van der Waals surface area contributed by atoms with Crippen LogP contribution in [0.1, 0.15) is 32.6 Å². The molecule has 1 fully saturated rings. The summed E-state index contributed by atoms with van der Waals surface area (Å²) in [5.41, 5.74) is 6.76. The van der Waals surface area contributed by atoms with Gasteiger partial charge in [0.2, 0.25) is 0 Å². The van der Waals surface area contributed by atoms with Crippen LogP contribution in [-0.4, -0.2) is 23.9 Å². The highest BCUT2D eigenvalue weighted by Gasteiger charge is 2.23. The number of hydrogen-bond donors (Lipinski definition) is 3. The highest BCUT2D eigenvalue weighted by Crippen LogP contribution is 2.31. The Bertz CT molecular complexity index is 440. The Balaban J connectivity index is 2.16. The maximum Gasteiger partial charge on any atom is 0.167 e. The first kappa shape index (κ1) is 13.9. The number of nitrogens with two attached hydrogens (primary N) is 1. The van der Waals surface area contributed by atoms with E-state index in [1.807, 2.05) is 0 Å². The van der Waals surface area contributed by atoms with Crippen molar-refractivity contribution in [3.63, 3.8) is 0 Å². The number of benzene rings is 1. The molecule has 4 N–H and O–H groups in total. The second-order valence-electron chi connectivity index (χ2n) is 4.91. The Morgan fingerprint density at radius 2 is 2.16 bits per heavy atom. The van der Waals surface area contributed by atoms with Gasteiger partial charge in [0.1, 0.15) is 0 Å². The van der Waals surface area contributed by atoms with Crippen molar-refractivity contribution < 1.29 is 14.2 Å². The fourth-order valence-corrected chi connectivity index (χ4v) is 2.44. The first-order chi connectivity index (χ1) is 9.11. The minimum Gasteiger partial charge on any atom is -0.491 e. The van der Waals surface area contributed by atoms with Crippen molar-refractivity contribution in [3.05, 3.63) is 17.9 Å². The van der Waals surface area contributed by atoms with Crippen molar-refractivity contribution in [3.8, 4) is 5.75 Å². The average Bonchev–Trinajstić information content (AvgIpc) is 2.38. The van der Waals surface area contributed by atoms with Gasteiger partial charge in [-0.2, -0.15) is 0 Å². The van der Waals surface area contributed by atoms with E-state index in [-0.39, 0.29) is 17.9 Å². The monoisotopic (exact) mass is 268 g/mol. The Morgan fingerprint density at radius 3 is 2.84 bits per heavy atom. The van der Waals surface area contributed by atoms with Gasteiger partial charge in [-0.1, -0.05) is 12.8 Å². The van der Waals surface area contributed by atoms with E-state index in [4.69, 9.17) is 10.5 Å². The zero-order valence-corrected chi connectivity index (χ0v) is 11.2. The van der Waals surface area contributed by atoms with E-state index in [1.54, 1.807) is 13.0 Å². The summed E-state index contributed by atoms with van der Waals surface area (Å²) in [6.45, 7) is 2.19. The van der Waals surface area contributed by atoms with Gasteiger partial charge < -0.3 is 20.9 Å². The van der Waals surface area contributed by atoms with Gasteiger partial charge in [-0.05, 0) is 19.8 Å². The molecule has 0 aromatic heterocycles. The Kier molecular flexibility index (Phi) is 4.47. The lowest BCUT2D eigenvalue weighted by molar-refractivity contribution is 0.116. The van der Waals surface area contributed by atoms with Gasteiger partial charge in [0.15, 0.2) is 11.6 Å². The van der Waals surface area contributed by atoms with Gasteiger partial charge in [-0.3, -0.25) is 0 Å². The number of nitrogens with one attached hydrogen (secondary N) is 1. The molecule has 0 saturated heterocycles. The lowest BCUT2D eigenvalue weighted by atomic mass is 9.92. The third-order valence-corrected chi connectivity index (χ3v) is 3.47. The summed E-state index contributed by atoms with van der Waals surface area (Å²) in [5, 5.41) is 13.1. The van der Waals surface area contributed by atoms with Gasteiger partial charge >= 0.3 is 0 Å². The minimum atomic E-state index is -0.464. The largest absolute Gasteiger partial charge is 0.491 e. The topological polar surface area (TPSA) is 67.5 Å². The molecule has 1 saturated carbocycles. The summed E-state index contributed by atoms with van der Waals surface area (Å²) >= 11 is 0. The first-order valence-corrected chi connectivity index (χ1v) is 6.78. The Labute approximate surface area is 112 Å². The van der Waals surface area contributed by atoms with Gasteiger partial charge in [0.25, 0.3) is 0 Å². The number of hydrogen-bond acceptors (Lipinski definition) is 4. The molecular weight excluding hydrogens is 247 g/mol. The predicted octanol–water partition coefficient (Wildman–Crippen LogP) is 2.52. The molecule has 0 heterocycles. The second kappa shape index (κ2) is 6.10. The van der Waals surface area contributed by atoms with Crippen LogP contribution in [0.5, 0.6) is 5.75 Å². The molecule has 0 aliphatic heterocycles. The van der Waals surface area contributed by atoms with E-state index in [1.165, 1.54) is 6.07 Å². The quantitative estimate of drug-likeness (QED) is 0.734. The maximum absolute atomic E-state index is 13.6. The predicted molar refractivity (Wildman–Crippen MR) is 73.9 cm³/mol. The molecule has 106 valence electrons. The molecular formula is C14H21FN2O2. The molecule has 2 atom stereocenters. The summed E-state index contributed by atoms with van der Waals surface area (Å²) in [6, 6.07) is 2.79. The fraction of sp³-hybridized carbons (Fsp3) is 0.571. The summed E-state index contributed by atoms with van der Waals surface area (Å²) in [7, 11) is 0. The Hall–Kier alpha value is -1.49. The molecule has 5 heteroatoms. The van der Waals surface area contributed by atoms with Crippen molar-refractivity contribution >= 4 is 11.4 Å². The normalized spacial score (nSPS) is 23.1. The molecule has 1 aliphatic carbocycles. The number of nitrogen functional groups attached to an aromatic ring is 1. The third kappa shape index (κ3) is 3.29. The van der Waals surface area contributed by atoms with Crippen molar-refractivity contribution in [2.24, 2.45) is 0 Å². The molecule has 0 amide bonds. The van der Waals surface area contributed by atoms with E-state index in [0.717, 1.165) is 25.7 Å².